The lowest BCUT2D eigenvalue weighted by atomic mass is 9.95. The van der Waals surface area contributed by atoms with Gasteiger partial charge in [0.25, 0.3) is 6.20 Å². The third kappa shape index (κ3) is 3.74. The molecule has 0 unspecified atom stereocenters. The molecule has 2 aromatic heterocycles. The van der Waals surface area contributed by atoms with Crippen molar-refractivity contribution in [2.45, 2.75) is 44.2 Å². The maximum Gasteiger partial charge on any atom is 0.302 e. The van der Waals surface area contributed by atoms with Gasteiger partial charge >= 0.3 is 5.88 Å². The van der Waals surface area contributed by atoms with Crippen LogP contribution < -0.4 is 10.00 Å². The van der Waals surface area contributed by atoms with Crippen LogP contribution in [0.25, 0.3) is 0 Å². The number of fused-ring (bicyclic) bond motifs is 1. The number of nitriles is 1. The number of rotatable bonds is 5. The van der Waals surface area contributed by atoms with E-state index in [2.05, 4.69) is 21.6 Å². The molecular weight excluding hydrogens is 326 g/mol. The molecule has 0 aliphatic heterocycles. The minimum Gasteiger partial charge on any atom is -0.288 e. The summed E-state index contributed by atoms with van der Waals surface area (Å²) in [6.07, 6.45) is 5.81. The lowest BCUT2D eigenvalue weighted by Crippen LogP contribution is -2.32. The molecule has 2 heterocycles. The second-order valence-corrected chi connectivity index (χ2v) is 6.49. The van der Waals surface area contributed by atoms with E-state index in [9.17, 15) is 10.1 Å². The molecule has 24 heavy (non-hydrogen) atoms. The van der Waals surface area contributed by atoms with Crippen LogP contribution in [-0.4, -0.2) is 21.9 Å². The summed E-state index contributed by atoms with van der Waals surface area (Å²) in [5.74, 6) is 0.247. The van der Waals surface area contributed by atoms with Gasteiger partial charge in [-0.3, -0.25) is 14.6 Å². The van der Waals surface area contributed by atoms with Crippen LogP contribution in [0.3, 0.4) is 0 Å². The average molecular weight is 344 g/mol. The van der Waals surface area contributed by atoms with Gasteiger partial charge in [0.1, 0.15) is 11.1 Å². The lowest BCUT2D eigenvalue weighted by molar-refractivity contribution is -0.759. The fourth-order valence-electron chi connectivity index (χ4n) is 2.60. The first-order chi connectivity index (χ1) is 11.7. The number of amides is 1. The second-order valence-electron chi connectivity index (χ2n) is 5.52. The van der Waals surface area contributed by atoms with Crippen molar-refractivity contribution in [3.63, 3.8) is 0 Å². The van der Waals surface area contributed by atoms with Crippen molar-refractivity contribution in [1.29, 1.82) is 5.26 Å². The summed E-state index contributed by atoms with van der Waals surface area (Å²) in [5.41, 5.74) is 2.76. The molecule has 1 N–H and O–H groups in total. The number of aromatic nitrogens is 3. The summed E-state index contributed by atoms with van der Waals surface area (Å²) in [6.45, 7) is 2.59. The highest BCUT2D eigenvalue weighted by molar-refractivity contribution is 8.00. The monoisotopic (exact) mass is 344 g/mol. The number of aryl methyl sites for hydroxylation is 3. The third-order valence-corrected chi connectivity index (χ3v) is 4.81. The predicted octanol–water partition coefficient (Wildman–Crippen LogP) is 1.86. The van der Waals surface area contributed by atoms with Crippen molar-refractivity contribution in [1.82, 2.24) is 10.3 Å². The summed E-state index contributed by atoms with van der Waals surface area (Å²) in [6, 6.07) is 4.10. The van der Waals surface area contributed by atoms with E-state index < -0.39 is 0 Å². The average Bonchev–Trinajstić information content (AvgIpc) is 3.06. The van der Waals surface area contributed by atoms with Crippen LogP contribution in [0.1, 0.15) is 36.6 Å². The number of carbonyl (C=O) groups excluding carboxylic acids is 1. The predicted molar refractivity (Wildman–Crippen MR) is 87.3 cm³/mol. The molecule has 2 aromatic rings. The zero-order valence-electron chi connectivity index (χ0n) is 13.4. The van der Waals surface area contributed by atoms with Gasteiger partial charge in [-0.1, -0.05) is 16.4 Å². The van der Waals surface area contributed by atoms with Crippen LogP contribution in [0, 0.1) is 11.3 Å². The maximum atomic E-state index is 12.0. The summed E-state index contributed by atoms with van der Waals surface area (Å²) < 4.78 is 6.59. The maximum absolute atomic E-state index is 12.0. The van der Waals surface area contributed by atoms with Crippen LogP contribution >= 0.6 is 11.8 Å². The second kappa shape index (κ2) is 7.45. The Kier molecular flexibility index (Phi) is 5.11. The van der Waals surface area contributed by atoms with Gasteiger partial charge in [-0.25, -0.2) is 4.98 Å². The number of nitrogens with one attached hydrogen (secondary N) is 1. The van der Waals surface area contributed by atoms with E-state index in [1.165, 1.54) is 11.8 Å². The Bertz CT molecular complexity index is 796. The van der Waals surface area contributed by atoms with Gasteiger partial charge < -0.3 is 0 Å². The first-order valence-electron chi connectivity index (χ1n) is 7.91. The van der Waals surface area contributed by atoms with Crippen molar-refractivity contribution in [3.05, 3.63) is 29.1 Å². The third-order valence-electron chi connectivity index (χ3n) is 3.82. The number of nitrogens with zero attached hydrogens (tertiary/aromatic N) is 4. The first kappa shape index (κ1) is 16.5. The Morgan fingerprint density at radius 3 is 3.08 bits per heavy atom. The number of hydrogen-bond donors (Lipinski definition) is 1. The van der Waals surface area contributed by atoms with Crippen LogP contribution in [0.5, 0.6) is 0 Å². The van der Waals surface area contributed by atoms with Crippen LogP contribution in [-0.2, 0) is 24.2 Å². The fourth-order valence-corrected chi connectivity index (χ4v) is 3.37. The van der Waals surface area contributed by atoms with Gasteiger partial charge in [-0.15, -0.1) is 0 Å². The highest BCUT2D eigenvalue weighted by Crippen LogP contribution is 2.27. The van der Waals surface area contributed by atoms with Gasteiger partial charge in [-0.05, 0) is 44.2 Å². The van der Waals surface area contributed by atoms with Gasteiger partial charge in [0.05, 0.1) is 11.3 Å². The molecule has 0 fully saturated rings. The van der Waals surface area contributed by atoms with Crippen molar-refractivity contribution >= 4 is 23.6 Å². The molecule has 3 rings (SSSR count). The Morgan fingerprint density at radius 1 is 1.50 bits per heavy atom. The van der Waals surface area contributed by atoms with Gasteiger partial charge in [-0.2, -0.15) is 5.26 Å². The molecule has 0 radical (unpaired) electrons. The number of thioether (sulfide) groups is 1. The van der Waals surface area contributed by atoms with E-state index in [0.717, 1.165) is 36.9 Å². The molecule has 0 bridgehead atoms. The highest BCUT2D eigenvalue weighted by atomic mass is 32.2. The standard InChI is InChI=1S/C16H17N5O2S/c1-2-21-9-15(23-20-21)19-14(22)10-24-16-12(8-17)7-11-5-3-4-6-13(11)18-16/h7,9H,2-6,10H2,1H3/p+1. The Hall–Kier alpha value is -2.40. The quantitative estimate of drug-likeness (QED) is 0.657. The topological polar surface area (TPSA) is 95.7 Å². The van der Waals surface area contributed by atoms with E-state index in [1.54, 1.807) is 10.9 Å². The molecule has 1 amide bonds. The molecule has 0 saturated carbocycles. The van der Waals surface area contributed by atoms with Gasteiger partial charge in [0, 0.05) is 5.69 Å². The fraction of sp³-hybridized carbons (Fsp3) is 0.438. The summed E-state index contributed by atoms with van der Waals surface area (Å²) >= 11 is 1.27. The van der Waals surface area contributed by atoms with Crippen LogP contribution in [0.15, 0.2) is 21.8 Å². The Balaban J connectivity index is 1.65. The minimum absolute atomic E-state index is 0.160. The molecular formula is C16H18N5O2S+. The highest BCUT2D eigenvalue weighted by Gasteiger charge is 2.17. The molecule has 8 heteroatoms. The number of hydrogen-bond acceptors (Lipinski definition) is 6. The molecule has 0 aromatic carbocycles. The molecule has 0 saturated heterocycles. The summed E-state index contributed by atoms with van der Waals surface area (Å²) in [7, 11) is 0. The van der Waals surface area contributed by atoms with Crippen molar-refractivity contribution in [3.8, 4) is 6.07 Å². The van der Waals surface area contributed by atoms with E-state index in [-0.39, 0.29) is 11.7 Å². The normalized spacial score (nSPS) is 13.2. The molecule has 0 atom stereocenters. The van der Waals surface area contributed by atoms with E-state index in [4.69, 9.17) is 4.52 Å². The first-order valence-corrected chi connectivity index (χ1v) is 8.90. The van der Waals surface area contributed by atoms with Crippen molar-refractivity contribution in [2.24, 2.45) is 0 Å². The van der Waals surface area contributed by atoms with Gasteiger partial charge in [0.15, 0.2) is 6.54 Å². The van der Waals surface area contributed by atoms with E-state index in [1.807, 2.05) is 13.0 Å². The lowest BCUT2D eigenvalue weighted by Gasteiger charge is -2.16. The SMILES string of the molecule is CC[n+]1cc(NC(=O)CSc2nc3c(cc2C#N)CCCC3)on1. The summed E-state index contributed by atoms with van der Waals surface area (Å²) in [4.78, 5) is 16.6. The molecule has 1 aliphatic carbocycles. The zero-order chi connectivity index (χ0) is 16.9. The van der Waals surface area contributed by atoms with Gasteiger partial charge in [0.2, 0.25) is 11.2 Å². The van der Waals surface area contributed by atoms with Crippen molar-refractivity contribution in [2.75, 3.05) is 11.1 Å². The van der Waals surface area contributed by atoms with Crippen molar-refractivity contribution < 1.29 is 14.0 Å². The van der Waals surface area contributed by atoms with E-state index in [0.29, 0.717) is 23.0 Å². The number of carbonyl (C=O) groups is 1. The molecule has 0 spiro atoms. The van der Waals surface area contributed by atoms with Crippen LogP contribution in [0.4, 0.5) is 5.88 Å². The molecule has 7 nitrogen and oxygen atoms in total. The smallest absolute Gasteiger partial charge is 0.288 e. The molecule has 124 valence electrons. The summed E-state index contributed by atoms with van der Waals surface area (Å²) in [5, 5.41) is 16.3. The van der Waals surface area contributed by atoms with Crippen LogP contribution in [0.2, 0.25) is 0 Å². The zero-order valence-corrected chi connectivity index (χ0v) is 14.2. The van der Waals surface area contributed by atoms with E-state index >= 15 is 0 Å². The Morgan fingerprint density at radius 2 is 2.33 bits per heavy atom. The molecule has 1 aliphatic rings. The Labute approximate surface area is 144 Å². The largest absolute Gasteiger partial charge is 0.302 e. The number of anilines is 1. The number of pyridine rings is 1. The minimum atomic E-state index is -0.220.